The Balaban J connectivity index is 0.00000126. The molecule has 0 spiro atoms. The van der Waals surface area contributed by atoms with Crippen molar-refractivity contribution in [2.45, 2.75) is 50.8 Å². The molecule has 1 heterocycles. The second-order valence-corrected chi connectivity index (χ2v) is 9.43. The van der Waals surface area contributed by atoms with E-state index in [1.807, 2.05) is 0 Å². The van der Waals surface area contributed by atoms with Gasteiger partial charge in [-0.2, -0.15) is 30.6 Å². The van der Waals surface area contributed by atoms with Crippen LogP contribution >= 0.6 is 0 Å². The number of hydrogen-bond acceptors (Lipinski definition) is 8. The maximum Gasteiger partial charge on any atom is 0.490 e. The van der Waals surface area contributed by atoms with E-state index in [-0.39, 0.29) is 25.7 Å². The fourth-order valence-corrected chi connectivity index (χ4v) is 4.52. The van der Waals surface area contributed by atoms with Gasteiger partial charge in [0.05, 0.1) is 0 Å². The largest absolute Gasteiger partial charge is 0.490 e. The molecule has 1 rings (SSSR count). The molecule has 1 aliphatic rings. The first kappa shape index (κ1) is 31.0. The van der Waals surface area contributed by atoms with Gasteiger partial charge in [0.15, 0.2) is 0 Å². The molecule has 0 aromatic heterocycles. The predicted octanol–water partition coefficient (Wildman–Crippen LogP) is -1.47. The zero-order chi connectivity index (χ0) is 26.4. The van der Waals surface area contributed by atoms with Crippen LogP contribution in [0.2, 0.25) is 6.32 Å². The molecule has 1 aliphatic heterocycles. The van der Waals surface area contributed by atoms with Gasteiger partial charge >= 0.3 is 31.2 Å². The van der Waals surface area contributed by atoms with Crippen LogP contribution in [0.4, 0.5) is 13.2 Å². The van der Waals surface area contributed by atoms with Crippen molar-refractivity contribution in [1.29, 1.82) is 0 Å². The lowest BCUT2D eigenvalue weighted by molar-refractivity contribution is -0.192. The summed E-state index contributed by atoms with van der Waals surface area (Å²) in [5, 5.41) is 43.5. The van der Waals surface area contributed by atoms with Gasteiger partial charge in [-0.1, -0.05) is 20.3 Å². The normalized spacial score (nSPS) is 22.4. The Labute approximate surface area is 187 Å². The topological polar surface area (TPSA) is 228 Å². The Hall–Kier alpha value is -1.99. The van der Waals surface area contributed by atoms with Crippen molar-refractivity contribution in [3.8, 4) is 0 Å². The number of rotatable bonds is 10. The maximum atomic E-state index is 12.5. The van der Waals surface area contributed by atoms with Gasteiger partial charge in [-0.15, -0.1) is 0 Å². The second-order valence-electron chi connectivity index (χ2n) is 7.73. The molecule has 0 aromatic rings. The molecule has 18 heteroatoms. The van der Waals surface area contributed by atoms with Gasteiger partial charge in [-0.25, -0.2) is 4.79 Å². The van der Waals surface area contributed by atoms with Crippen LogP contribution in [-0.2, 0) is 24.6 Å². The van der Waals surface area contributed by atoms with Crippen LogP contribution in [0.15, 0.2) is 0 Å². The molecule has 0 radical (unpaired) electrons. The first-order chi connectivity index (χ1) is 14.8. The highest BCUT2D eigenvalue weighted by atomic mass is 32.2. The van der Waals surface area contributed by atoms with Gasteiger partial charge in [0.1, 0.15) is 11.6 Å². The van der Waals surface area contributed by atoms with Crippen LogP contribution < -0.4 is 10.5 Å². The number of carboxylic acid groups (broad SMARTS) is 3. The number of carbonyl (C=O) groups is 3. The zero-order valence-corrected chi connectivity index (χ0v) is 18.5. The summed E-state index contributed by atoms with van der Waals surface area (Å²) in [6, 6.07) is -1.36. The molecule has 0 unspecified atom stereocenters. The number of carboxylic acids is 3. The minimum Gasteiger partial charge on any atom is -0.480 e. The third-order valence-electron chi connectivity index (χ3n) is 4.79. The summed E-state index contributed by atoms with van der Waals surface area (Å²) in [5.41, 5.74) is 4.08. The first-order valence-corrected chi connectivity index (χ1v) is 10.9. The average molecular weight is 509 g/mol. The predicted molar refractivity (Wildman–Crippen MR) is 106 cm³/mol. The van der Waals surface area contributed by atoms with Crippen molar-refractivity contribution < 1.29 is 61.3 Å². The number of alkyl halides is 3. The second kappa shape index (κ2) is 11.9. The Morgan fingerprint density at radius 2 is 1.70 bits per heavy atom. The first-order valence-electron chi connectivity index (χ1n) is 9.44. The fraction of sp³-hybridized carbons (Fsp3) is 0.800. The van der Waals surface area contributed by atoms with Gasteiger partial charge < -0.3 is 31.1 Å². The minimum absolute atomic E-state index is 0.00559. The van der Waals surface area contributed by atoms with Gasteiger partial charge in [-0.05, 0) is 18.7 Å². The highest BCUT2D eigenvalue weighted by Gasteiger charge is 2.52. The molecule has 13 nitrogen and oxygen atoms in total. The van der Waals surface area contributed by atoms with E-state index in [4.69, 9.17) is 30.8 Å². The highest BCUT2D eigenvalue weighted by molar-refractivity contribution is 7.87. The number of nitrogens with two attached hydrogens (primary N) is 1. The lowest BCUT2D eigenvalue weighted by Gasteiger charge is -2.25. The highest BCUT2D eigenvalue weighted by Crippen LogP contribution is 2.32. The van der Waals surface area contributed by atoms with Gasteiger partial charge in [0.2, 0.25) is 0 Å². The average Bonchev–Trinajstić information content (AvgIpc) is 2.98. The quantitative estimate of drug-likeness (QED) is 0.168. The van der Waals surface area contributed by atoms with Crippen LogP contribution in [0.3, 0.4) is 0 Å². The number of hydrogen-bond donors (Lipinski definition) is 7. The van der Waals surface area contributed by atoms with E-state index in [0.29, 0.717) is 0 Å². The standard InChI is InChI=1S/C13H26BN3O8S.C2HF3O2/c1-8(2)10(11(18)19)16-26(24,25)17-6-9(4-3-5-14(22)23)13(15,7-17)12(20)21;3-2(4,5)1(6)7/h8-10,16,22-23H,3-7,15H2,1-2H3,(H,18,19)(H,20,21);(H,6,7)/t9-,10-,13-;/m0./s1. The summed E-state index contributed by atoms with van der Waals surface area (Å²) in [7, 11) is -5.81. The summed E-state index contributed by atoms with van der Waals surface area (Å²) >= 11 is 0. The molecule has 1 fully saturated rings. The maximum absolute atomic E-state index is 12.5. The molecule has 8 N–H and O–H groups in total. The molecule has 0 aromatic carbocycles. The summed E-state index contributed by atoms with van der Waals surface area (Å²) in [6.07, 6.45) is -4.65. The van der Waals surface area contributed by atoms with Crippen molar-refractivity contribution in [2.24, 2.45) is 17.6 Å². The van der Waals surface area contributed by atoms with E-state index < -0.39 is 71.4 Å². The van der Waals surface area contributed by atoms with Crippen molar-refractivity contribution in [3.05, 3.63) is 0 Å². The number of aliphatic carboxylic acids is 3. The Morgan fingerprint density at radius 1 is 1.21 bits per heavy atom. The Bertz CT molecular complexity index is 811. The minimum atomic E-state index is -5.08. The van der Waals surface area contributed by atoms with E-state index in [9.17, 15) is 36.3 Å². The van der Waals surface area contributed by atoms with Crippen LogP contribution in [0.25, 0.3) is 0 Å². The zero-order valence-electron chi connectivity index (χ0n) is 17.7. The van der Waals surface area contributed by atoms with Gasteiger partial charge in [0, 0.05) is 19.0 Å². The molecule has 192 valence electrons. The summed E-state index contributed by atoms with van der Waals surface area (Å²) in [6.45, 7) is 2.37. The molecule has 0 aliphatic carbocycles. The molecule has 33 heavy (non-hydrogen) atoms. The van der Waals surface area contributed by atoms with E-state index in [1.165, 1.54) is 0 Å². The van der Waals surface area contributed by atoms with E-state index in [0.717, 1.165) is 4.31 Å². The van der Waals surface area contributed by atoms with Crippen LogP contribution in [0.5, 0.6) is 0 Å². The van der Waals surface area contributed by atoms with Gasteiger partial charge in [-0.3, -0.25) is 9.59 Å². The van der Waals surface area contributed by atoms with Crippen molar-refractivity contribution in [1.82, 2.24) is 9.03 Å². The third kappa shape index (κ3) is 9.42. The molecule has 0 saturated carbocycles. The smallest absolute Gasteiger partial charge is 0.480 e. The summed E-state index contributed by atoms with van der Waals surface area (Å²) in [4.78, 5) is 31.7. The Morgan fingerprint density at radius 3 is 2.03 bits per heavy atom. The third-order valence-corrected chi connectivity index (χ3v) is 6.30. The van der Waals surface area contributed by atoms with Crippen LogP contribution in [-0.4, -0.2) is 94.0 Å². The van der Waals surface area contributed by atoms with Gasteiger partial charge in [0.25, 0.3) is 10.2 Å². The lowest BCUT2D eigenvalue weighted by Crippen LogP contribution is -2.56. The SMILES string of the molecule is CC(C)[C@H](NS(=O)(=O)N1C[C@H](CCCB(O)O)[C@](N)(C(=O)O)C1)C(=O)O.O=C(O)C(F)(F)F. The van der Waals surface area contributed by atoms with Crippen LogP contribution in [0, 0.1) is 11.8 Å². The molecular weight excluding hydrogens is 482 g/mol. The van der Waals surface area contributed by atoms with Crippen molar-refractivity contribution in [3.63, 3.8) is 0 Å². The van der Waals surface area contributed by atoms with Crippen molar-refractivity contribution in [2.75, 3.05) is 13.1 Å². The molecule has 3 atom stereocenters. The monoisotopic (exact) mass is 509 g/mol. The lowest BCUT2D eigenvalue weighted by atomic mass is 9.78. The van der Waals surface area contributed by atoms with Crippen LogP contribution in [0.1, 0.15) is 26.7 Å². The number of nitrogens with zero attached hydrogens (tertiary/aromatic N) is 1. The Kier molecular flexibility index (Phi) is 11.2. The van der Waals surface area contributed by atoms with E-state index in [1.54, 1.807) is 13.8 Å². The number of nitrogens with one attached hydrogen (secondary N) is 1. The number of halogens is 3. The fourth-order valence-electron chi connectivity index (χ4n) is 2.92. The molecule has 0 amide bonds. The van der Waals surface area contributed by atoms with E-state index >= 15 is 0 Å². The molecule has 0 bridgehead atoms. The summed E-state index contributed by atoms with van der Waals surface area (Å²) in [5.74, 6) is -6.74. The summed E-state index contributed by atoms with van der Waals surface area (Å²) < 4.78 is 59.7. The molecule has 1 saturated heterocycles. The van der Waals surface area contributed by atoms with E-state index in [2.05, 4.69) is 4.72 Å². The molecular formula is C15H27BF3N3O10S. The van der Waals surface area contributed by atoms with Crippen molar-refractivity contribution >= 4 is 35.2 Å².